The zero-order valence-electron chi connectivity index (χ0n) is 37.3. The third-order valence-corrected chi connectivity index (χ3v) is 15.7. The average Bonchev–Trinajstić information content (AvgIpc) is 3.61. The summed E-state index contributed by atoms with van der Waals surface area (Å²) in [4.78, 5) is 25.1. The molecule has 5 aliphatic rings. The topological polar surface area (TPSA) is 61.8 Å². The average molecular weight is 811 g/mol. The summed E-state index contributed by atoms with van der Waals surface area (Å²) in [5.41, 5.74) is 6.68. The summed E-state index contributed by atoms with van der Waals surface area (Å²) in [6, 6.07) is 20.3. The van der Waals surface area contributed by atoms with Crippen LogP contribution in [0.4, 0.5) is 0 Å². The number of rotatable bonds is 11. The molecule has 0 N–H and O–H groups in total. The molecule has 0 radical (unpaired) electrons. The minimum atomic E-state index is -0.354. The number of hydrogen-bond acceptors (Lipinski definition) is 5. The summed E-state index contributed by atoms with van der Waals surface area (Å²) in [6.45, 7) is 22.1. The Morgan fingerprint density at radius 1 is 0.817 bits per heavy atom. The van der Waals surface area contributed by atoms with E-state index in [1.807, 2.05) is 48.5 Å². The molecule has 3 saturated carbocycles. The minimum absolute atomic E-state index is 0.00821. The van der Waals surface area contributed by atoms with Gasteiger partial charge in [0.1, 0.15) is 17.6 Å². The van der Waals surface area contributed by atoms with Crippen LogP contribution in [-0.2, 0) is 11.2 Å². The summed E-state index contributed by atoms with van der Waals surface area (Å²) in [5, 5.41) is 0. The van der Waals surface area contributed by atoms with E-state index in [0.717, 1.165) is 90.1 Å². The Morgan fingerprint density at radius 3 is 2.22 bits per heavy atom. The standard InChI is InChI=1S/C36H52O2.C19H18O3/c1-7-26-11-13-27(14-12-26)34(37)38-29-19-21-35(5)28(23-29)15-16-30-32-18-17-31(25(4)10-8-9-24(2)3)36(32,6)22-20-33(30)35;1-3-14-5-9-17(10-6-14)22-19(20)16-8-11-18-15(12-16)7-4-13(2)21-18/h7,11-15,24-25,29-33H,1,8-10,16-23H2,2-6H3;3,5-6,8-13H,1,4,7H2,2H3. The smallest absolute Gasteiger partial charge is 0.343 e. The largest absolute Gasteiger partial charge is 0.490 e. The third kappa shape index (κ3) is 9.41. The molecule has 8 rings (SSSR count). The highest BCUT2D eigenvalue weighted by atomic mass is 16.5. The zero-order valence-corrected chi connectivity index (χ0v) is 37.3. The van der Waals surface area contributed by atoms with Crippen LogP contribution in [0, 0.1) is 46.3 Å². The molecule has 9 atom stereocenters. The molecule has 1 heterocycles. The van der Waals surface area contributed by atoms with Crippen molar-refractivity contribution in [3.05, 3.63) is 119 Å². The highest BCUT2D eigenvalue weighted by Crippen LogP contribution is 2.67. The van der Waals surface area contributed by atoms with Crippen LogP contribution in [-0.4, -0.2) is 24.1 Å². The van der Waals surface area contributed by atoms with Gasteiger partial charge in [-0.2, -0.15) is 0 Å². The van der Waals surface area contributed by atoms with Gasteiger partial charge in [0.25, 0.3) is 0 Å². The number of carbonyl (C=O) groups excluding carboxylic acids is 2. The first kappa shape index (κ1) is 43.7. The Morgan fingerprint density at radius 2 is 1.52 bits per heavy atom. The first-order valence-electron chi connectivity index (χ1n) is 23.2. The number of hydrogen-bond donors (Lipinski definition) is 0. The van der Waals surface area contributed by atoms with Crippen LogP contribution >= 0.6 is 0 Å². The van der Waals surface area contributed by atoms with Gasteiger partial charge in [-0.15, -0.1) is 0 Å². The number of carbonyl (C=O) groups is 2. The highest BCUT2D eigenvalue weighted by Gasteiger charge is 2.59. The van der Waals surface area contributed by atoms with Crippen molar-refractivity contribution in [3.8, 4) is 11.5 Å². The van der Waals surface area contributed by atoms with Crippen molar-refractivity contribution in [3.63, 3.8) is 0 Å². The molecular formula is C55H70O5. The van der Waals surface area contributed by atoms with E-state index in [1.165, 1.54) is 51.4 Å². The van der Waals surface area contributed by atoms with Crippen LogP contribution in [0.2, 0.25) is 0 Å². The van der Waals surface area contributed by atoms with E-state index >= 15 is 0 Å². The normalized spacial score (nSPS) is 29.4. The van der Waals surface area contributed by atoms with Gasteiger partial charge in [-0.3, -0.25) is 0 Å². The number of allylic oxidation sites excluding steroid dienone is 1. The second-order valence-corrected chi connectivity index (χ2v) is 19.8. The van der Waals surface area contributed by atoms with Gasteiger partial charge in [-0.05, 0) is 170 Å². The van der Waals surface area contributed by atoms with Gasteiger partial charge >= 0.3 is 11.9 Å². The van der Waals surface area contributed by atoms with Gasteiger partial charge < -0.3 is 14.2 Å². The van der Waals surface area contributed by atoms with E-state index < -0.39 is 0 Å². The maximum absolute atomic E-state index is 12.9. The summed E-state index contributed by atoms with van der Waals surface area (Å²) in [6.07, 6.45) is 22.5. The van der Waals surface area contributed by atoms with Crippen LogP contribution in [0.5, 0.6) is 11.5 Å². The van der Waals surface area contributed by atoms with Crippen molar-refractivity contribution in [2.24, 2.45) is 46.3 Å². The fourth-order valence-corrected chi connectivity index (χ4v) is 12.2. The molecule has 4 aliphatic carbocycles. The lowest BCUT2D eigenvalue weighted by Crippen LogP contribution is -2.51. The van der Waals surface area contributed by atoms with Crippen LogP contribution in [0.3, 0.4) is 0 Å². The number of ether oxygens (including phenoxy) is 3. The Balaban J connectivity index is 0.000000210. The Kier molecular flexibility index (Phi) is 13.6. The summed E-state index contributed by atoms with van der Waals surface area (Å²) in [5.74, 6) is 6.00. The molecule has 1 aliphatic heterocycles. The van der Waals surface area contributed by atoms with E-state index in [0.29, 0.717) is 27.7 Å². The van der Waals surface area contributed by atoms with Gasteiger partial charge in [-0.1, -0.05) is 115 Å². The number of esters is 2. The fraction of sp³-hybridized carbons (Fsp3) is 0.527. The molecule has 9 unspecified atom stereocenters. The van der Waals surface area contributed by atoms with E-state index in [1.54, 1.807) is 35.9 Å². The SMILES string of the molecule is C=Cc1ccc(C(=O)OC2CCC3(C)C(=CCC4C3CCC3(C)C(C(C)CCCC(C)C)CCC43)C2)cc1.C=Cc1ccc(OC(=O)c2ccc3c(c2)CCC(C)O3)cc1. The predicted molar refractivity (Wildman–Crippen MR) is 245 cm³/mol. The third-order valence-electron chi connectivity index (χ3n) is 15.7. The maximum atomic E-state index is 12.9. The van der Waals surface area contributed by atoms with Crippen molar-refractivity contribution in [2.45, 2.75) is 137 Å². The van der Waals surface area contributed by atoms with Gasteiger partial charge in [0.05, 0.1) is 17.2 Å². The van der Waals surface area contributed by atoms with Gasteiger partial charge in [0, 0.05) is 6.42 Å². The molecule has 3 fully saturated rings. The molecule has 0 spiro atoms. The molecular weight excluding hydrogens is 741 g/mol. The van der Waals surface area contributed by atoms with Gasteiger partial charge in [-0.25, -0.2) is 9.59 Å². The minimum Gasteiger partial charge on any atom is -0.490 e. The molecule has 5 nitrogen and oxygen atoms in total. The van der Waals surface area contributed by atoms with Crippen LogP contribution in [0.25, 0.3) is 12.2 Å². The molecule has 3 aromatic rings. The molecule has 0 saturated heterocycles. The maximum Gasteiger partial charge on any atom is 0.343 e. The first-order valence-corrected chi connectivity index (χ1v) is 23.2. The lowest BCUT2D eigenvalue weighted by molar-refractivity contribution is -0.0594. The number of fused-ring (bicyclic) bond motifs is 6. The molecule has 0 bridgehead atoms. The van der Waals surface area contributed by atoms with Crippen molar-refractivity contribution < 1.29 is 23.8 Å². The van der Waals surface area contributed by atoms with E-state index in [9.17, 15) is 9.59 Å². The summed E-state index contributed by atoms with van der Waals surface area (Å²) >= 11 is 0. The summed E-state index contributed by atoms with van der Waals surface area (Å²) < 4.78 is 17.2. The van der Waals surface area contributed by atoms with Gasteiger partial charge in [0.15, 0.2) is 0 Å². The summed E-state index contributed by atoms with van der Waals surface area (Å²) in [7, 11) is 0. The molecule has 0 amide bonds. The fourth-order valence-electron chi connectivity index (χ4n) is 12.2. The number of benzene rings is 3. The Labute approximate surface area is 361 Å². The lowest BCUT2D eigenvalue weighted by Gasteiger charge is -2.58. The van der Waals surface area contributed by atoms with E-state index in [4.69, 9.17) is 14.2 Å². The monoisotopic (exact) mass is 811 g/mol. The quantitative estimate of drug-likeness (QED) is 0.110. The molecule has 60 heavy (non-hydrogen) atoms. The lowest BCUT2D eigenvalue weighted by atomic mass is 9.47. The second-order valence-electron chi connectivity index (χ2n) is 19.8. The Bertz CT molecular complexity index is 2020. The Hall–Kier alpha value is -4.38. The highest BCUT2D eigenvalue weighted by molar-refractivity contribution is 5.91. The predicted octanol–water partition coefficient (Wildman–Crippen LogP) is 14.2. The van der Waals surface area contributed by atoms with E-state index in [-0.39, 0.29) is 24.1 Å². The van der Waals surface area contributed by atoms with Crippen molar-refractivity contribution >= 4 is 24.1 Å². The molecule has 0 aromatic heterocycles. The zero-order chi connectivity index (χ0) is 42.6. The van der Waals surface area contributed by atoms with E-state index in [2.05, 4.69) is 60.8 Å². The van der Waals surface area contributed by atoms with Crippen molar-refractivity contribution in [1.29, 1.82) is 0 Å². The van der Waals surface area contributed by atoms with Crippen LogP contribution < -0.4 is 9.47 Å². The molecule has 5 heteroatoms. The van der Waals surface area contributed by atoms with Crippen LogP contribution in [0.15, 0.2) is 91.5 Å². The van der Waals surface area contributed by atoms with Crippen molar-refractivity contribution in [1.82, 2.24) is 0 Å². The van der Waals surface area contributed by atoms with Gasteiger partial charge in [0.2, 0.25) is 0 Å². The molecule has 3 aromatic carbocycles. The van der Waals surface area contributed by atoms with Crippen molar-refractivity contribution in [2.75, 3.05) is 0 Å². The number of aryl methyl sites for hydroxylation is 1. The second kappa shape index (κ2) is 18.7. The molecule has 320 valence electrons. The van der Waals surface area contributed by atoms with Crippen LogP contribution in [0.1, 0.15) is 156 Å². The first-order chi connectivity index (χ1) is 28.8.